The first-order valence-corrected chi connectivity index (χ1v) is 4.79. The molecule has 2 rings (SSSR count). The number of nitrogens with two attached hydrogens (primary N) is 1. The van der Waals surface area contributed by atoms with Crippen LogP contribution in [-0.2, 0) is 15.0 Å². The van der Waals surface area contributed by atoms with Crippen molar-refractivity contribution in [1.29, 1.82) is 0 Å². The molecule has 6 heteroatoms. The van der Waals surface area contributed by atoms with E-state index in [1.165, 1.54) is 0 Å². The molecule has 0 atom stereocenters. The van der Waals surface area contributed by atoms with Crippen molar-refractivity contribution in [1.82, 2.24) is 10.2 Å². The summed E-state index contributed by atoms with van der Waals surface area (Å²) >= 11 is 0. The minimum Gasteiger partial charge on any atom is -0.423 e. The Bertz CT molecular complexity index is 351. The molecule has 0 unspecified atom stereocenters. The maximum atomic E-state index is 6.07. The van der Waals surface area contributed by atoms with E-state index >= 15 is 0 Å². The van der Waals surface area contributed by atoms with E-state index < -0.39 is 11.3 Å². The van der Waals surface area contributed by atoms with Crippen molar-refractivity contribution >= 4 is 0 Å². The summed E-state index contributed by atoms with van der Waals surface area (Å²) in [5.41, 5.74) is 5.23. The van der Waals surface area contributed by atoms with Crippen molar-refractivity contribution in [3.8, 4) is 0 Å². The lowest BCUT2D eigenvalue weighted by atomic mass is 10.0. The van der Waals surface area contributed by atoms with Crippen LogP contribution in [0.15, 0.2) is 4.42 Å². The van der Waals surface area contributed by atoms with Crippen LogP contribution < -0.4 is 5.73 Å². The molecule has 1 aliphatic rings. The zero-order valence-electron chi connectivity index (χ0n) is 9.11. The van der Waals surface area contributed by atoms with E-state index in [0.29, 0.717) is 25.0 Å². The highest BCUT2D eigenvalue weighted by Gasteiger charge is 2.42. The summed E-state index contributed by atoms with van der Waals surface area (Å²) in [6, 6.07) is 0. The molecule has 84 valence electrons. The summed E-state index contributed by atoms with van der Waals surface area (Å²) in [7, 11) is 0. The Hall–Kier alpha value is -0.980. The lowest BCUT2D eigenvalue weighted by molar-refractivity contribution is -0.271. The molecule has 1 aromatic heterocycles. The number of aryl methyl sites for hydroxylation is 1. The molecule has 2 heterocycles. The quantitative estimate of drug-likeness (QED) is 0.723. The van der Waals surface area contributed by atoms with E-state index in [4.69, 9.17) is 19.6 Å². The van der Waals surface area contributed by atoms with E-state index in [1.807, 2.05) is 13.8 Å². The van der Waals surface area contributed by atoms with E-state index in [0.717, 1.165) is 0 Å². The first kappa shape index (κ1) is 10.5. The van der Waals surface area contributed by atoms with Crippen LogP contribution >= 0.6 is 0 Å². The van der Waals surface area contributed by atoms with Gasteiger partial charge in [0.1, 0.15) is 5.54 Å². The molecule has 1 saturated heterocycles. The maximum Gasteiger partial charge on any atom is 0.241 e. The molecule has 6 nitrogen and oxygen atoms in total. The van der Waals surface area contributed by atoms with Gasteiger partial charge in [-0.05, 0) is 13.8 Å². The van der Waals surface area contributed by atoms with Crippen molar-refractivity contribution in [2.45, 2.75) is 32.1 Å². The number of hydrogen-bond acceptors (Lipinski definition) is 6. The topological polar surface area (TPSA) is 83.4 Å². The van der Waals surface area contributed by atoms with Gasteiger partial charge in [0.15, 0.2) is 5.79 Å². The van der Waals surface area contributed by atoms with E-state index in [9.17, 15) is 0 Å². The molecule has 1 fully saturated rings. The normalized spacial score (nSPS) is 24.0. The third-order valence-electron chi connectivity index (χ3n) is 2.31. The van der Waals surface area contributed by atoms with Gasteiger partial charge in [0.05, 0.1) is 13.2 Å². The van der Waals surface area contributed by atoms with Gasteiger partial charge < -0.3 is 19.6 Å². The molecule has 0 saturated carbocycles. The highest BCUT2D eigenvalue weighted by Crippen LogP contribution is 2.28. The average molecular weight is 213 g/mol. The lowest BCUT2D eigenvalue weighted by Gasteiger charge is -2.38. The molecule has 0 aromatic carbocycles. The average Bonchev–Trinajstić information content (AvgIpc) is 2.59. The van der Waals surface area contributed by atoms with Crippen molar-refractivity contribution in [2.24, 2.45) is 5.73 Å². The molecule has 0 radical (unpaired) electrons. The largest absolute Gasteiger partial charge is 0.423 e. The molecule has 0 spiro atoms. The van der Waals surface area contributed by atoms with Crippen LogP contribution in [0.3, 0.4) is 0 Å². The van der Waals surface area contributed by atoms with E-state index in [1.54, 1.807) is 6.92 Å². The van der Waals surface area contributed by atoms with Crippen molar-refractivity contribution in [3.63, 3.8) is 0 Å². The highest BCUT2D eigenvalue weighted by atomic mass is 16.7. The minimum atomic E-state index is -0.837. The Labute approximate surface area is 87.7 Å². The number of hydrogen-bond donors (Lipinski definition) is 1. The van der Waals surface area contributed by atoms with Crippen molar-refractivity contribution in [3.05, 3.63) is 11.8 Å². The molecular weight excluding hydrogens is 198 g/mol. The first-order valence-electron chi connectivity index (χ1n) is 4.79. The third-order valence-corrected chi connectivity index (χ3v) is 2.31. The lowest BCUT2D eigenvalue weighted by Crippen LogP contribution is -2.54. The SMILES string of the molecule is Cc1nnc(C2(N)COC(C)(C)OC2)o1. The van der Waals surface area contributed by atoms with Crippen LogP contribution in [0.5, 0.6) is 0 Å². The molecule has 1 aromatic rings. The molecular formula is C9H15N3O3. The van der Waals surface area contributed by atoms with Gasteiger partial charge in [-0.15, -0.1) is 10.2 Å². The zero-order valence-corrected chi connectivity index (χ0v) is 9.11. The fourth-order valence-electron chi connectivity index (χ4n) is 1.31. The van der Waals surface area contributed by atoms with Crippen LogP contribution in [0, 0.1) is 6.92 Å². The first-order chi connectivity index (χ1) is 6.91. The second-order valence-corrected chi connectivity index (χ2v) is 4.26. The fraction of sp³-hybridized carbons (Fsp3) is 0.778. The van der Waals surface area contributed by atoms with Gasteiger partial charge in [0.2, 0.25) is 11.8 Å². The number of nitrogens with zero attached hydrogens (tertiary/aromatic N) is 2. The summed E-state index contributed by atoms with van der Waals surface area (Å²) < 4.78 is 16.2. The molecule has 0 bridgehead atoms. The standard InChI is InChI=1S/C9H15N3O3/c1-6-11-12-7(15-6)9(10)4-13-8(2,3)14-5-9/h4-5,10H2,1-3H3. The maximum absolute atomic E-state index is 6.07. The Morgan fingerprint density at radius 2 is 1.80 bits per heavy atom. The number of ether oxygens (including phenoxy) is 2. The smallest absolute Gasteiger partial charge is 0.241 e. The second kappa shape index (κ2) is 3.26. The molecule has 0 amide bonds. The van der Waals surface area contributed by atoms with Crippen LogP contribution in [0.1, 0.15) is 25.6 Å². The van der Waals surface area contributed by atoms with Gasteiger partial charge in [-0.25, -0.2) is 0 Å². The fourth-order valence-corrected chi connectivity index (χ4v) is 1.31. The van der Waals surface area contributed by atoms with E-state index in [2.05, 4.69) is 10.2 Å². The van der Waals surface area contributed by atoms with Gasteiger partial charge in [0, 0.05) is 6.92 Å². The zero-order chi connectivity index (χ0) is 11.1. The Kier molecular flexibility index (Phi) is 2.29. The summed E-state index contributed by atoms with van der Waals surface area (Å²) in [6.07, 6.45) is 0. The third kappa shape index (κ3) is 2.01. The second-order valence-electron chi connectivity index (χ2n) is 4.26. The van der Waals surface area contributed by atoms with Gasteiger partial charge in [0.25, 0.3) is 0 Å². The van der Waals surface area contributed by atoms with Crippen molar-refractivity contribution < 1.29 is 13.9 Å². The summed E-state index contributed by atoms with van der Waals surface area (Å²) in [6.45, 7) is 6.01. The molecule has 1 aliphatic heterocycles. The van der Waals surface area contributed by atoms with Gasteiger partial charge in [-0.2, -0.15) is 0 Å². The van der Waals surface area contributed by atoms with Gasteiger partial charge >= 0.3 is 0 Å². The summed E-state index contributed by atoms with van der Waals surface area (Å²) in [4.78, 5) is 0. The monoisotopic (exact) mass is 213 g/mol. The summed E-state index contributed by atoms with van der Waals surface area (Å²) in [5.74, 6) is 0.243. The van der Waals surface area contributed by atoms with Gasteiger partial charge in [-0.1, -0.05) is 0 Å². The Balaban J connectivity index is 2.16. The Morgan fingerprint density at radius 3 is 2.27 bits per heavy atom. The highest BCUT2D eigenvalue weighted by molar-refractivity contribution is 5.02. The molecule has 15 heavy (non-hydrogen) atoms. The minimum absolute atomic E-state index is 0.307. The molecule has 2 N–H and O–H groups in total. The Morgan fingerprint density at radius 1 is 1.20 bits per heavy atom. The van der Waals surface area contributed by atoms with Crippen LogP contribution in [0.25, 0.3) is 0 Å². The number of rotatable bonds is 1. The number of aromatic nitrogens is 2. The van der Waals surface area contributed by atoms with Crippen LogP contribution in [0.4, 0.5) is 0 Å². The summed E-state index contributed by atoms with van der Waals surface area (Å²) in [5, 5.41) is 7.62. The van der Waals surface area contributed by atoms with Crippen molar-refractivity contribution in [2.75, 3.05) is 13.2 Å². The van der Waals surface area contributed by atoms with Gasteiger partial charge in [-0.3, -0.25) is 0 Å². The predicted octanol–water partition coefficient (Wildman–Crippen LogP) is 0.315. The van der Waals surface area contributed by atoms with Crippen LogP contribution in [-0.4, -0.2) is 29.2 Å². The predicted molar refractivity (Wildman–Crippen MR) is 50.9 cm³/mol. The van der Waals surface area contributed by atoms with E-state index in [-0.39, 0.29) is 0 Å². The van der Waals surface area contributed by atoms with Crippen LogP contribution in [0.2, 0.25) is 0 Å². The molecule has 0 aliphatic carbocycles.